The maximum Gasteiger partial charge on any atom is 0.193 e. The van der Waals surface area contributed by atoms with E-state index in [9.17, 15) is 0 Å². The van der Waals surface area contributed by atoms with Gasteiger partial charge in [0.1, 0.15) is 0 Å². The first-order chi connectivity index (χ1) is 9.40. The molecule has 0 rings (SSSR count). The van der Waals surface area contributed by atoms with Gasteiger partial charge in [-0.2, -0.15) is 0 Å². The zero-order valence-corrected chi connectivity index (χ0v) is 16.9. The number of halogens is 1. The van der Waals surface area contributed by atoms with Crippen LogP contribution in [0.15, 0.2) is 17.6 Å². The summed E-state index contributed by atoms with van der Waals surface area (Å²) < 4.78 is 0. The summed E-state index contributed by atoms with van der Waals surface area (Å²) in [5, 5.41) is 6.85. The first-order valence-corrected chi connectivity index (χ1v) is 7.68. The lowest BCUT2D eigenvalue weighted by molar-refractivity contribution is 0.420. The standard InChI is InChI=1S/C16H34N4.HI/c1-7-8-9-10-11-14-20(6)15(17-5)18-12-13-19-16(2,3)4;/h7,19H,1,8-14H2,2-6H3,(H,17,18);1H. The molecule has 0 spiro atoms. The number of guanidine groups is 1. The molecule has 2 N–H and O–H groups in total. The highest BCUT2D eigenvalue weighted by atomic mass is 127. The molecule has 0 unspecified atom stereocenters. The Balaban J connectivity index is 0. The summed E-state index contributed by atoms with van der Waals surface area (Å²) in [6.07, 6.45) is 6.80. The Bertz CT molecular complexity index is 284. The van der Waals surface area contributed by atoms with Crippen LogP contribution in [-0.4, -0.2) is 50.1 Å². The SMILES string of the molecule is C=CCCCCCN(C)C(=NC)NCCNC(C)(C)C.I. The highest BCUT2D eigenvalue weighted by molar-refractivity contribution is 14.0. The number of hydrogen-bond acceptors (Lipinski definition) is 2. The van der Waals surface area contributed by atoms with Crippen LogP contribution < -0.4 is 10.6 Å². The minimum Gasteiger partial charge on any atom is -0.355 e. The fourth-order valence-corrected chi connectivity index (χ4v) is 1.92. The monoisotopic (exact) mass is 410 g/mol. The number of allylic oxidation sites excluding steroid dienone is 1. The Hall–Kier alpha value is -0.300. The Morgan fingerprint density at radius 3 is 2.38 bits per heavy atom. The fraction of sp³-hybridized carbons (Fsp3) is 0.812. The van der Waals surface area contributed by atoms with Gasteiger partial charge in [-0.1, -0.05) is 12.5 Å². The summed E-state index contributed by atoms with van der Waals surface area (Å²) in [6, 6.07) is 0. The van der Waals surface area contributed by atoms with E-state index in [0.717, 1.165) is 32.0 Å². The third kappa shape index (κ3) is 14.4. The zero-order chi connectivity index (χ0) is 15.4. The van der Waals surface area contributed by atoms with Crippen molar-refractivity contribution in [2.45, 2.75) is 52.0 Å². The summed E-state index contributed by atoms with van der Waals surface area (Å²) in [5.41, 5.74) is 0.169. The summed E-state index contributed by atoms with van der Waals surface area (Å²) >= 11 is 0. The van der Waals surface area contributed by atoms with Crippen LogP contribution in [0.3, 0.4) is 0 Å². The van der Waals surface area contributed by atoms with Crippen molar-refractivity contribution in [2.75, 3.05) is 33.7 Å². The number of aliphatic imine (C=N–C) groups is 1. The average molecular weight is 410 g/mol. The van der Waals surface area contributed by atoms with Gasteiger partial charge in [0.15, 0.2) is 5.96 Å². The van der Waals surface area contributed by atoms with Gasteiger partial charge < -0.3 is 15.5 Å². The molecule has 0 atom stereocenters. The van der Waals surface area contributed by atoms with E-state index in [4.69, 9.17) is 0 Å². The van der Waals surface area contributed by atoms with E-state index in [1.165, 1.54) is 19.3 Å². The molecule has 0 aliphatic rings. The molecule has 5 heteroatoms. The van der Waals surface area contributed by atoms with Gasteiger partial charge in [-0.3, -0.25) is 4.99 Å². The second-order valence-electron chi connectivity index (χ2n) is 6.21. The van der Waals surface area contributed by atoms with Crippen LogP contribution in [-0.2, 0) is 0 Å². The molecule has 21 heavy (non-hydrogen) atoms. The molecule has 0 aromatic rings. The zero-order valence-electron chi connectivity index (χ0n) is 14.5. The second-order valence-corrected chi connectivity index (χ2v) is 6.21. The number of nitrogens with zero attached hydrogens (tertiary/aromatic N) is 2. The van der Waals surface area contributed by atoms with Crippen molar-refractivity contribution in [1.29, 1.82) is 0 Å². The lowest BCUT2D eigenvalue weighted by Gasteiger charge is -2.24. The molecule has 0 aromatic heterocycles. The van der Waals surface area contributed by atoms with E-state index in [1.807, 2.05) is 13.1 Å². The number of unbranched alkanes of at least 4 members (excludes halogenated alkanes) is 3. The highest BCUT2D eigenvalue weighted by Gasteiger charge is 2.08. The van der Waals surface area contributed by atoms with Crippen molar-refractivity contribution in [2.24, 2.45) is 4.99 Å². The first kappa shape index (κ1) is 23.0. The maximum absolute atomic E-state index is 4.32. The predicted molar refractivity (Wildman–Crippen MR) is 106 cm³/mol. The lowest BCUT2D eigenvalue weighted by atomic mass is 10.1. The topological polar surface area (TPSA) is 39.7 Å². The molecule has 0 aromatic carbocycles. The average Bonchev–Trinajstić information content (AvgIpc) is 2.37. The highest BCUT2D eigenvalue weighted by Crippen LogP contribution is 2.01. The van der Waals surface area contributed by atoms with Gasteiger partial charge in [0, 0.05) is 39.3 Å². The van der Waals surface area contributed by atoms with Gasteiger partial charge in [-0.15, -0.1) is 30.6 Å². The summed E-state index contributed by atoms with van der Waals surface area (Å²) in [5.74, 6) is 0.976. The van der Waals surface area contributed by atoms with E-state index in [-0.39, 0.29) is 29.5 Å². The maximum atomic E-state index is 4.32. The molecule has 0 amide bonds. The summed E-state index contributed by atoms with van der Waals surface area (Å²) in [6.45, 7) is 13.2. The van der Waals surface area contributed by atoms with Gasteiger partial charge in [0.05, 0.1) is 0 Å². The Kier molecular flexibility index (Phi) is 14.6. The van der Waals surface area contributed by atoms with Crippen molar-refractivity contribution in [3.8, 4) is 0 Å². The van der Waals surface area contributed by atoms with Crippen LogP contribution >= 0.6 is 24.0 Å². The van der Waals surface area contributed by atoms with Gasteiger partial charge in [0.2, 0.25) is 0 Å². The van der Waals surface area contributed by atoms with Crippen molar-refractivity contribution < 1.29 is 0 Å². The van der Waals surface area contributed by atoms with Crippen molar-refractivity contribution in [3.05, 3.63) is 12.7 Å². The molecule has 0 aliphatic heterocycles. The van der Waals surface area contributed by atoms with Crippen molar-refractivity contribution >= 4 is 29.9 Å². The molecule has 0 saturated carbocycles. The number of hydrogen-bond donors (Lipinski definition) is 2. The van der Waals surface area contributed by atoms with Crippen molar-refractivity contribution in [3.63, 3.8) is 0 Å². The van der Waals surface area contributed by atoms with Crippen LogP contribution in [0.25, 0.3) is 0 Å². The van der Waals surface area contributed by atoms with Crippen LogP contribution in [0.5, 0.6) is 0 Å². The Labute approximate surface area is 148 Å². The van der Waals surface area contributed by atoms with Gasteiger partial charge in [0.25, 0.3) is 0 Å². The van der Waals surface area contributed by atoms with Gasteiger partial charge >= 0.3 is 0 Å². The minimum atomic E-state index is 0. The Morgan fingerprint density at radius 2 is 1.86 bits per heavy atom. The van der Waals surface area contributed by atoms with E-state index >= 15 is 0 Å². The number of rotatable bonds is 9. The van der Waals surface area contributed by atoms with E-state index in [2.05, 4.69) is 54.9 Å². The molecule has 126 valence electrons. The fourth-order valence-electron chi connectivity index (χ4n) is 1.92. The molecule has 0 fully saturated rings. The normalized spacial score (nSPS) is 11.8. The molecular formula is C16H35IN4. The van der Waals surface area contributed by atoms with E-state index < -0.39 is 0 Å². The third-order valence-corrected chi connectivity index (χ3v) is 3.04. The lowest BCUT2D eigenvalue weighted by Crippen LogP contribution is -2.45. The molecular weight excluding hydrogens is 375 g/mol. The van der Waals surface area contributed by atoms with Crippen LogP contribution in [0.2, 0.25) is 0 Å². The second kappa shape index (κ2) is 13.4. The quantitative estimate of drug-likeness (QED) is 0.202. The largest absolute Gasteiger partial charge is 0.355 e. The molecule has 0 saturated heterocycles. The molecule has 0 aliphatic carbocycles. The van der Waals surface area contributed by atoms with E-state index in [0.29, 0.717) is 0 Å². The summed E-state index contributed by atoms with van der Waals surface area (Å²) in [7, 11) is 3.94. The van der Waals surface area contributed by atoms with Crippen LogP contribution in [0.1, 0.15) is 46.5 Å². The van der Waals surface area contributed by atoms with E-state index in [1.54, 1.807) is 0 Å². The van der Waals surface area contributed by atoms with Crippen LogP contribution in [0, 0.1) is 0 Å². The number of nitrogens with one attached hydrogen (secondary N) is 2. The van der Waals surface area contributed by atoms with Crippen molar-refractivity contribution in [1.82, 2.24) is 15.5 Å². The molecule has 4 nitrogen and oxygen atoms in total. The third-order valence-electron chi connectivity index (χ3n) is 3.04. The molecule has 0 radical (unpaired) electrons. The predicted octanol–water partition coefficient (Wildman–Crippen LogP) is 3.25. The van der Waals surface area contributed by atoms with Crippen LogP contribution in [0.4, 0.5) is 0 Å². The van der Waals surface area contributed by atoms with Gasteiger partial charge in [-0.25, -0.2) is 0 Å². The molecule has 0 bridgehead atoms. The smallest absolute Gasteiger partial charge is 0.193 e. The first-order valence-electron chi connectivity index (χ1n) is 7.68. The van der Waals surface area contributed by atoms with Gasteiger partial charge in [-0.05, 0) is 40.0 Å². The molecule has 0 heterocycles. The summed E-state index contributed by atoms with van der Waals surface area (Å²) in [4.78, 5) is 6.52. The minimum absolute atomic E-state index is 0. The Morgan fingerprint density at radius 1 is 1.19 bits per heavy atom.